The molecule has 0 saturated heterocycles. The van der Waals surface area contributed by atoms with Gasteiger partial charge in [-0.05, 0) is 35.7 Å². The van der Waals surface area contributed by atoms with E-state index < -0.39 is 0 Å². The van der Waals surface area contributed by atoms with Crippen LogP contribution in [0.15, 0.2) is 11.1 Å². The van der Waals surface area contributed by atoms with E-state index >= 15 is 0 Å². The summed E-state index contributed by atoms with van der Waals surface area (Å²) >= 11 is 0. The molecule has 0 bridgehead atoms. The van der Waals surface area contributed by atoms with Crippen molar-refractivity contribution in [3.63, 3.8) is 0 Å². The predicted molar refractivity (Wildman–Crippen MR) is 63.8 cm³/mol. The molecule has 0 radical (unpaired) electrons. The first kappa shape index (κ1) is 9.62. The van der Waals surface area contributed by atoms with Crippen LogP contribution in [0.2, 0.25) is 0 Å². The van der Waals surface area contributed by atoms with Gasteiger partial charge in [-0.25, -0.2) is 0 Å². The first-order chi connectivity index (χ1) is 9.18. The normalized spacial score (nSPS) is 59.1. The minimum atomic E-state index is 0.0505. The van der Waals surface area contributed by atoms with Crippen LogP contribution in [0, 0.1) is 47.3 Å². The van der Waals surface area contributed by atoms with Crippen molar-refractivity contribution in [3.8, 4) is 0 Å². The van der Waals surface area contributed by atoms with Gasteiger partial charge in [0.25, 0.3) is 0 Å². The molecule has 8 atom stereocenters. The second kappa shape index (κ2) is 2.50. The summed E-state index contributed by atoms with van der Waals surface area (Å²) in [7, 11) is 0. The minimum Gasteiger partial charge on any atom is -0.299 e. The zero-order valence-electron chi connectivity index (χ0n) is 10.5. The first-order valence-corrected chi connectivity index (χ1v) is 7.49. The van der Waals surface area contributed by atoms with Gasteiger partial charge in [-0.1, -0.05) is 5.57 Å². The molecule has 3 heteroatoms. The van der Waals surface area contributed by atoms with Crippen LogP contribution in [0.1, 0.15) is 19.3 Å². The topological polar surface area (TPSA) is 51.2 Å². The molecule has 0 N–H and O–H groups in total. The number of carbonyl (C=O) groups is 3. The van der Waals surface area contributed by atoms with Crippen molar-refractivity contribution in [2.45, 2.75) is 19.3 Å². The molecule has 6 aliphatic rings. The summed E-state index contributed by atoms with van der Waals surface area (Å²) in [4.78, 5) is 36.6. The highest BCUT2D eigenvalue weighted by Gasteiger charge is 2.81. The van der Waals surface area contributed by atoms with Crippen molar-refractivity contribution in [1.29, 1.82) is 0 Å². The fourth-order valence-electron chi connectivity index (χ4n) is 6.87. The van der Waals surface area contributed by atoms with Gasteiger partial charge in [0, 0.05) is 36.5 Å². The molecule has 0 aromatic rings. The Labute approximate surface area is 110 Å². The lowest BCUT2D eigenvalue weighted by Gasteiger charge is -2.43. The lowest BCUT2D eigenvalue weighted by Crippen LogP contribution is -2.41. The summed E-state index contributed by atoms with van der Waals surface area (Å²) in [6.07, 6.45) is 1.90. The Bertz CT molecular complexity index is 592. The number of allylic oxidation sites excluding steroid dienone is 2. The highest BCUT2D eigenvalue weighted by atomic mass is 16.1. The standard InChI is InChI=1S/C16H14O3/c17-5-1-4(2-5)8-13-11-9-6(15(13)18)3-7-10(9)12(11)14(8)16(7)19/h6-7,9-14H,1-3H2. The average molecular weight is 254 g/mol. The molecule has 6 fully saturated rings. The summed E-state index contributed by atoms with van der Waals surface area (Å²) in [5.74, 6) is 3.68. The van der Waals surface area contributed by atoms with Crippen molar-refractivity contribution in [2.75, 3.05) is 0 Å². The van der Waals surface area contributed by atoms with Crippen molar-refractivity contribution in [3.05, 3.63) is 11.1 Å². The number of carbonyl (C=O) groups excluding carboxylic acids is 3. The summed E-state index contributed by atoms with van der Waals surface area (Å²) in [5, 5.41) is 0. The van der Waals surface area contributed by atoms with Gasteiger partial charge < -0.3 is 0 Å². The highest BCUT2D eigenvalue weighted by molar-refractivity contribution is 6.03. The molecule has 19 heavy (non-hydrogen) atoms. The van der Waals surface area contributed by atoms with Crippen LogP contribution in [0.3, 0.4) is 0 Å². The Hall–Kier alpha value is -1.25. The van der Waals surface area contributed by atoms with Gasteiger partial charge in [0.1, 0.15) is 17.3 Å². The molecule has 0 heterocycles. The largest absolute Gasteiger partial charge is 0.299 e. The van der Waals surface area contributed by atoms with Gasteiger partial charge in [-0.2, -0.15) is 0 Å². The van der Waals surface area contributed by atoms with Gasteiger partial charge in [0.15, 0.2) is 0 Å². The number of rotatable bonds is 0. The van der Waals surface area contributed by atoms with E-state index in [-0.39, 0.29) is 29.5 Å². The fourth-order valence-corrected chi connectivity index (χ4v) is 6.87. The van der Waals surface area contributed by atoms with E-state index in [0.717, 1.165) is 17.6 Å². The number of hydrogen-bond donors (Lipinski definition) is 0. The summed E-state index contributed by atoms with van der Waals surface area (Å²) in [6.45, 7) is 0. The van der Waals surface area contributed by atoms with E-state index in [1.54, 1.807) is 0 Å². The second-order valence-electron chi connectivity index (χ2n) is 7.47. The van der Waals surface area contributed by atoms with E-state index in [4.69, 9.17) is 0 Å². The Morgan fingerprint density at radius 1 is 0.737 bits per heavy atom. The molecule has 0 aromatic heterocycles. The summed E-state index contributed by atoms with van der Waals surface area (Å²) in [5.41, 5.74) is 2.32. The lowest BCUT2D eigenvalue weighted by atomic mass is 9.60. The van der Waals surface area contributed by atoms with Gasteiger partial charge in [0.05, 0.1) is 0 Å². The molecule has 96 valence electrons. The summed E-state index contributed by atoms with van der Waals surface area (Å²) < 4.78 is 0. The van der Waals surface area contributed by atoms with Crippen LogP contribution in [0.4, 0.5) is 0 Å². The maximum absolute atomic E-state index is 12.7. The quantitative estimate of drug-likeness (QED) is 0.610. The maximum atomic E-state index is 12.7. The molecule has 3 nitrogen and oxygen atoms in total. The van der Waals surface area contributed by atoms with E-state index in [0.29, 0.717) is 48.1 Å². The van der Waals surface area contributed by atoms with Crippen LogP contribution in [0.5, 0.6) is 0 Å². The summed E-state index contributed by atoms with van der Waals surface area (Å²) in [6, 6.07) is 0. The van der Waals surface area contributed by atoms with E-state index in [9.17, 15) is 14.4 Å². The van der Waals surface area contributed by atoms with Crippen LogP contribution >= 0.6 is 0 Å². The molecular formula is C16H14O3. The maximum Gasteiger partial charge on any atom is 0.143 e. The van der Waals surface area contributed by atoms with Crippen molar-refractivity contribution in [2.24, 2.45) is 47.3 Å². The Morgan fingerprint density at radius 3 is 1.74 bits per heavy atom. The van der Waals surface area contributed by atoms with E-state index in [1.165, 1.54) is 0 Å². The zero-order chi connectivity index (χ0) is 12.6. The van der Waals surface area contributed by atoms with Gasteiger partial charge in [-0.3, -0.25) is 14.4 Å². The molecule has 0 spiro atoms. The molecule has 6 aliphatic carbocycles. The molecular weight excluding hydrogens is 240 g/mol. The van der Waals surface area contributed by atoms with Crippen molar-refractivity contribution in [1.82, 2.24) is 0 Å². The monoisotopic (exact) mass is 254 g/mol. The number of ketones is 3. The number of hydrogen-bond acceptors (Lipinski definition) is 3. The van der Waals surface area contributed by atoms with Gasteiger partial charge in [-0.15, -0.1) is 0 Å². The number of Topliss-reactive ketones (excluding diaryl/α,β-unsaturated/α-hetero) is 3. The SMILES string of the molecule is O=C1CC(=C2C3C(=O)C4CC5C(=O)C2C2C5C4C32)C1. The van der Waals surface area contributed by atoms with E-state index in [2.05, 4.69) is 0 Å². The average Bonchev–Trinajstić information content (AvgIpc) is 2.92. The zero-order valence-corrected chi connectivity index (χ0v) is 10.5. The third-order valence-electron chi connectivity index (χ3n) is 7.23. The van der Waals surface area contributed by atoms with Crippen molar-refractivity contribution < 1.29 is 14.4 Å². The first-order valence-electron chi connectivity index (χ1n) is 7.49. The molecule has 0 aliphatic heterocycles. The van der Waals surface area contributed by atoms with Gasteiger partial charge >= 0.3 is 0 Å². The Morgan fingerprint density at radius 2 is 1.26 bits per heavy atom. The molecule has 6 rings (SSSR count). The lowest BCUT2D eigenvalue weighted by molar-refractivity contribution is -0.127. The smallest absolute Gasteiger partial charge is 0.143 e. The molecule has 0 amide bonds. The Balaban J connectivity index is 1.63. The van der Waals surface area contributed by atoms with E-state index in [1.807, 2.05) is 0 Å². The molecule has 8 unspecified atom stereocenters. The van der Waals surface area contributed by atoms with Crippen molar-refractivity contribution >= 4 is 17.3 Å². The third-order valence-corrected chi connectivity index (χ3v) is 7.23. The fraction of sp³-hybridized carbons (Fsp3) is 0.688. The van der Waals surface area contributed by atoms with Gasteiger partial charge in [0.2, 0.25) is 0 Å². The molecule has 0 aromatic carbocycles. The van der Waals surface area contributed by atoms with Crippen LogP contribution in [0.25, 0.3) is 0 Å². The van der Waals surface area contributed by atoms with Crippen LogP contribution in [-0.2, 0) is 14.4 Å². The predicted octanol–water partition coefficient (Wildman–Crippen LogP) is 1.17. The highest BCUT2D eigenvalue weighted by Crippen LogP contribution is 2.79. The minimum absolute atomic E-state index is 0.0505. The van der Waals surface area contributed by atoms with Crippen LogP contribution in [-0.4, -0.2) is 17.3 Å². The van der Waals surface area contributed by atoms with Crippen LogP contribution < -0.4 is 0 Å². The Kier molecular flexibility index (Phi) is 1.27. The second-order valence-corrected chi connectivity index (χ2v) is 7.47. The third kappa shape index (κ3) is 0.728. The molecule has 6 saturated carbocycles.